The summed E-state index contributed by atoms with van der Waals surface area (Å²) in [7, 11) is 0. The van der Waals surface area contributed by atoms with E-state index in [0.29, 0.717) is 5.41 Å². The first-order valence-corrected chi connectivity index (χ1v) is 11.5. The van der Waals surface area contributed by atoms with Gasteiger partial charge in [0.25, 0.3) is 0 Å². The van der Waals surface area contributed by atoms with Crippen molar-refractivity contribution in [2.45, 2.75) is 46.6 Å². The molecule has 0 atom stereocenters. The fraction of sp³-hybridized carbons (Fsp3) is 0.400. The number of hydrogen-bond donors (Lipinski definition) is 0. The highest BCUT2D eigenvalue weighted by molar-refractivity contribution is 7.98. The van der Waals surface area contributed by atoms with E-state index in [-0.39, 0.29) is 0 Å². The van der Waals surface area contributed by atoms with Gasteiger partial charge in [-0.2, -0.15) is 11.8 Å². The van der Waals surface area contributed by atoms with Crippen molar-refractivity contribution in [3.8, 4) is 11.3 Å². The fourth-order valence-corrected chi connectivity index (χ4v) is 3.69. The number of nitrogens with zero attached hydrogens (tertiary/aromatic N) is 2. The highest BCUT2D eigenvalue weighted by Crippen LogP contribution is 2.24. The minimum Gasteiger partial charge on any atom is -0.330 e. The molecule has 0 unspecified atom stereocenters. The Balaban J connectivity index is 1.82. The van der Waals surface area contributed by atoms with Crippen molar-refractivity contribution in [2.75, 3.05) is 12.0 Å². The average Bonchev–Trinajstić information content (AvgIpc) is 3.09. The third kappa shape index (κ3) is 6.00. The smallest absolute Gasteiger partial charge is 0.109 e. The van der Waals surface area contributed by atoms with Crippen LogP contribution in [-0.2, 0) is 19.4 Å². The van der Waals surface area contributed by atoms with Crippen molar-refractivity contribution in [3.63, 3.8) is 0 Å². The number of hydrogen-bond acceptors (Lipinski definition) is 2. The van der Waals surface area contributed by atoms with Gasteiger partial charge in [0.05, 0.1) is 5.69 Å². The van der Waals surface area contributed by atoms with Crippen LogP contribution in [-0.4, -0.2) is 21.6 Å². The lowest BCUT2D eigenvalue weighted by Gasteiger charge is -2.18. The van der Waals surface area contributed by atoms with E-state index in [0.717, 1.165) is 31.5 Å². The fourth-order valence-electron chi connectivity index (χ4n) is 3.25. The molecule has 2 aromatic carbocycles. The molecule has 148 valence electrons. The van der Waals surface area contributed by atoms with E-state index in [9.17, 15) is 0 Å². The van der Waals surface area contributed by atoms with Crippen LogP contribution in [0.1, 0.15) is 44.1 Å². The first kappa shape index (κ1) is 20.7. The molecule has 0 bridgehead atoms. The zero-order chi connectivity index (χ0) is 20.0. The van der Waals surface area contributed by atoms with Crippen LogP contribution in [0.15, 0.2) is 60.8 Å². The molecule has 3 heteroatoms. The number of aryl methyl sites for hydroxylation is 2. The molecular weight excluding hydrogens is 360 g/mol. The minimum atomic E-state index is 0.308. The Bertz CT molecular complexity index is 858. The third-order valence-electron chi connectivity index (χ3n) is 5.00. The molecule has 0 aliphatic carbocycles. The van der Waals surface area contributed by atoms with Gasteiger partial charge in [0.1, 0.15) is 5.82 Å². The van der Waals surface area contributed by atoms with Crippen molar-refractivity contribution >= 4 is 11.8 Å². The quantitative estimate of drug-likeness (QED) is 0.436. The van der Waals surface area contributed by atoms with Crippen molar-refractivity contribution in [1.82, 2.24) is 9.55 Å². The van der Waals surface area contributed by atoms with Crippen LogP contribution in [0.5, 0.6) is 0 Å². The summed E-state index contributed by atoms with van der Waals surface area (Å²) in [5.41, 5.74) is 5.32. The van der Waals surface area contributed by atoms with Crippen LogP contribution in [0.3, 0.4) is 0 Å². The van der Waals surface area contributed by atoms with E-state index in [1.807, 2.05) is 11.8 Å². The van der Waals surface area contributed by atoms with Crippen molar-refractivity contribution < 1.29 is 0 Å². The number of thioether (sulfide) groups is 1. The lowest BCUT2D eigenvalue weighted by Crippen LogP contribution is -2.10. The first-order valence-electron chi connectivity index (χ1n) is 10.1. The number of benzene rings is 2. The molecule has 0 spiro atoms. The minimum absolute atomic E-state index is 0.308. The predicted octanol–water partition coefficient (Wildman–Crippen LogP) is 6.48. The lowest BCUT2D eigenvalue weighted by molar-refractivity contribution is 0.372. The molecule has 28 heavy (non-hydrogen) atoms. The Hall–Kier alpha value is -2.00. The molecule has 1 aromatic heterocycles. The second-order valence-corrected chi connectivity index (χ2v) is 9.64. The molecule has 0 aliphatic rings. The van der Waals surface area contributed by atoms with E-state index in [1.54, 1.807) is 0 Å². The summed E-state index contributed by atoms with van der Waals surface area (Å²) >= 11 is 1.90. The second-order valence-electron chi connectivity index (χ2n) is 8.66. The lowest BCUT2D eigenvalue weighted by atomic mass is 9.90. The summed E-state index contributed by atoms with van der Waals surface area (Å²) in [5.74, 6) is 2.36. The van der Waals surface area contributed by atoms with Crippen LogP contribution >= 0.6 is 11.8 Å². The molecule has 3 rings (SSSR count). The van der Waals surface area contributed by atoms with Gasteiger partial charge in [-0.3, -0.25) is 0 Å². The Kier molecular flexibility index (Phi) is 7.01. The highest BCUT2D eigenvalue weighted by atomic mass is 32.2. The number of imidazole rings is 1. The summed E-state index contributed by atoms with van der Waals surface area (Å²) in [6.07, 6.45) is 7.65. The van der Waals surface area contributed by atoms with Gasteiger partial charge in [0.15, 0.2) is 0 Å². The molecule has 0 saturated heterocycles. The average molecular weight is 393 g/mol. The maximum Gasteiger partial charge on any atom is 0.109 e. The predicted molar refractivity (Wildman–Crippen MR) is 123 cm³/mol. The van der Waals surface area contributed by atoms with E-state index in [2.05, 4.69) is 92.4 Å². The van der Waals surface area contributed by atoms with Crippen LogP contribution in [0, 0.1) is 5.41 Å². The SMILES string of the molecule is CSCCc1ccc(Cn2cc(-c3ccccc3)nc2CCC(C)(C)C)cc1. The first-order chi connectivity index (χ1) is 13.4. The Labute approximate surface area is 174 Å². The van der Waals surface area contributed by atoms with E-state index in [4.69, 9.17) is 4.98 Å². The van der Waals surface area contributed by atoms with Crippen LogP contribution < -0.4 is 0 Å². The molecule has 0 amide bonds. The van der Waals surface area contributed by atoms with Crippen LogP contribution in [0.2, 0.25) is 0 Å². The van der Waals surface area contributed by atoms with Gasteiger partial charge in [-0.25, -0.2) is 4.98 Å². The van der Waals surface area contributed by atoms with Gasteiger partial charge in [-0.15, -0.1) is 0 Å². The normalized spacial score (nSPS) is 11.7. The van der Waals surface area contributed by atoms with Crippen LogP contribution in [0.4, 0.5) is 0 Å². The standard InChI is InChI=1S/C25H32N2S/c1-25(2,3)16-14-24-26-23(22-8-6-5-7-9-22)19-27(24)18-21-12-10-20(11-13-21)15-17-28-4/h5-13,19H,14-18H2,1-4H3. The summed E-state index contributed by atoms with van der Waals surface area (Å²) in [6, 6.07) is 19.6. The summed E-state index contributed by atoms with van der Waals surface area (Å²) in [6.45, 7) is 7.77. The van der Waals surface area contributed by atoms with Gasteiger partial charge in [-0.1, -0.05) is 75.4 Å². The van der Waals surface area contributed by atoms with Gasteiger partial charge in [0, 0.05) is 24.7 Å². The molecule has 0 N–H and O–H groups in total. The zero-order valence-corrected chi connectivity index (χ0v) is 18.4. The maximum atomic E-state index is 5.00. The number of rotatable bonds is 8. The van der Waals surface area contributed by atoms with Gasteiger partial charge < -0.3 is 4.57 Å². The van der Waals surface area contributed by atoms with Gasteiger partial charge >= 0.3 is 0 Å². The Morgan fingerprint density at radius 2 is 1.57 bits per heavy atom. The van der Waals surface area contributed by atoms with Crippen molar-refractivity contribution in [1.29, 1.82) is 0 Å². The monoisotopic (exact) mass is 392 g/mol. The molecule has 1 heterocycles. The topological polar surface area (TPSA) is 17.8 Å². The maximum absolute atomic E-state index is 5.00. The van der Waals surface area contributed by atoms with E-state index >= 15 is 0 Å². The molecule has 0 radical (unpaired) electrons. The Morgan fingerprint density at radius 3 is 2.21 bits per heavy atom. The summed E-state index contributed by atoms with van der Waals surface area (Å²) < 4.78 is 2.34. The van der Waals surface area contributed by atoms with Gasteiger partial charge in [0.2, 0.25) is 0 Å². The molecule has 0 aliphatic heterocycles. The molecule has 2 nitrogen and oxygen atoms in total. The van der Waals surface area contributed by atoms with Crippen molar-refractivity contribution in [3.05, 3.63) is 77.7 Å². The van der Waals surface area contributed by atoms with Crippen LogP contribution in [0.25, 0.3) is 11.3 Å². The van der Waals surface area contributed by atoms with Gasteiger partial charge in [-0.05, 0) is 41.4 Å². The van der Waals surface area contributed by atoms with E-state index in [1.165, 1.54) is 28.3 Å². The third-order valence-corrected chi connectivity index (χ3v) is 5.61. The second kappa shape index (κ2) is 9.47. The zero-order valence-electron chi connectivity index (χ0n) is 17.6. The summed E-state index contributed by atoms with van der Waals surface area (Å²) in [4.78, 5) is 5.00. The molecule has 0 saturated carbocycles. The molecule has 0 fully saturated rings. The Morgan fingerprint density at radius 1 is 0.893 bits per heavy atom. The highest BCUT2D eigenvalue weighted by Gasteiger charge is 2.15. The molecular formula is C25H32N2S. The largest absolute Gasteiger partial charge is 0.330 e. The summed E-state index contributed by atoms with van der Waals surface area (Å²) in [5, 5.41) is 0. The van der Waals surface area contributed by atoms with E-state index < -0.39 is 0 Å². The number of aromatic nitrogens is 2. The van der Waals surface area contributed by atoms with Crippen molar-refractivity contribution in [2.24, 2.45) is 5.41 Å². The molecule has 3 aromatic rings.